The zero-order valence-corrected chi connectivity index (χ0v) is 13.4. The van der Waals surface area contributed by atoms with Crippen molar-refractivity contribution in [3.05, 3.63) is 65.7 Å². The number of nitrogens with zero attached hydrogens (tertiary/aromatic N) is 2. The van der Waals surface area contributed by atoms with Crippen molar-refractivity contribution in [1.82, 2.24) is 15.6 Å². The summed E-state index contributed by atoms with van der Waals surface area (Å²) >= 11 is 0. The maximum Gasteiger partial charge on any atom is 0.191 e. The quantitative estimate of drug-likeness (QED) is 0.610. The van der Waals surface area contributed by atoms with E-state index in [-0.39, 0.29) is 5.82 Å². The highest BCUT2D eigenvalue weighted by Crippen LogP contribution is 2.03. The van der Waals surface area contributed by atoms with Gasteiger partial charge in [-0.3, -0.25) is 9.98 Å². The largest absolute Gasteiger partial charge is 0.357 e. The summed E-state index contributed by atoms with van der Waals surface area (Å²) in [6.07, 6.45) is 3.35. The van der Waals surface area contributed by atoms with Gasteiger partial charge in [-0.25, -0.2) is 4.39 Å². The minimum absolute atomic E-state index is 0.196. The van der Waals surface area contributed by atoms with Crippen molar-refractivity contribution in [1.29, 1.82) is 0 Å². The summed E-state index contributed by atoms with van der Waals surface area (Å²) < 4.78 is 13.1. The standard InChI is InChI=1S/C18H23FN4/c1-2-20-18(23-13-10-17-8-3-4-11-21-17)22-12-9-15-6-5-7-16(19)14-15/h3-8,11,14H,2,9-10,12-13H2,1H3,(H2,20,22,23). The number of rotatable bonds is 7. The topological polar surface area (TPSA) is 49.3 Å². The molecule has 2 aromatic rings. The second-order valence-electron chi connectivity index (χ2n) is 5.14. The minimum atomic E-state index is -0.196. The molecule has 0 amide bonds. The first kappa shape index (κ1) is 16.9. The van der Waals surface area contributed by atoms with Gasteiger partial charge in [-0.15, -0.1) is 0 Å². The Balaban J connectivity index is 1.79. The lowest BCUT2D eigenvalue weighted by Crippen LogP contribution is -2.38. The number of hydrogen-bond acceptors (Lipinski definition) is 2. The van der Waals surface area contributed by atoms with Gasteiger partial charge in [0.2, 0.25) is 0 Å². The van der Waals surface area contributed by atoms with Crippen molar-refractivity contribution in [2.75, 3.05) is 19.6 Å². The number of hydrogen-bond donors (Lipinski definition) is 2. The molecule has 0 saturated heterocycles. The predicted molar refractivity (Wildman–Crippen MR) is 92.0 cm³/mol. The van der Waals surface area contributed by atoms with Crippen LogP contribution < -0.4 is 10.6 Å². The molecular formula is C18H23FN4. The Morgan fingerprint density at radius 2 is 2.04 bits per heavy atom. The van der Waals surface area contributed by atoms with Gasteiger partial charge in [0, 0.05) is 37.9 Å². The van der Waals surface area contributed by atoms with Crippen LogP contribution in [0.5, 0.6) is 0 Å². The zero-order valence-electron chi connectivity index (χ0n) is 13.4. The summed E-state index contributed by atoms with van der Waals surface area (Å²) in [4.78, 5) is 8.82. The molecule has 1 aromatic heterocycles. The van der Waals surface area contributed by atoms with Gasteiger partial charge in [0.15, 0.2) is 5.96 Å². The third kappa shape index (κ3) is 6.46. The summed E-state index contributed by atoms with van der Waals surface area (Å²) in [7, 11) is 0. The van der Waals surface area contributed by atoms with Crippen molar-refractivity contribution in [2.24, 2.45) is 4.99 Å². The van der Waals surface area contributed by atoms with Gasteiger partial charge in [0.25, 0.3) is 0 Å². The molecular weight excluding hydrogens is 291 g/mol. The SMILES string of the molecule is CCNC(=NCCc1ccccn1)NCCc1cccc(F)c1. The van der Waals surface area contributed by atoms with Crippen LogP contribution in [0.25, 0.3) is 0 Å². The summed E-state index contributed by atoms with van der Waals surface area (Å²) in [5, 5.41) is 6.48. The van der Waals surface area contributed by atoms with Crippen LogP contribution in [0.3, 0.4) is 0 Å². The Bertz CT molecular complexity index is 613. The second-order valence-corrected chi connectivity index (χ2v) is 5.14. The van der Waals surface area contributed by atoms with Crippen LogP contribution in [0.1, 0.15) is 18.2 Å². The van der Waals surface area contributed by atoms with Gasteiger partial charge in [-0.2, -0.15) is 0 Å². The van der Waals surface area contributed by atoms with Crippen molar-refractivity contribution in [2.45, 2.75) is 19.8 Å². The van der Waals surface area contributed by atoms with Crippen molar-refractivity contribution in [3.8, 4) is 0 Å². The predicted octanol–water partition coefficient (Wildman–Crippen LogP) is 2.56. The number of aromatic nitrogens is 1. The maximum absolute atomic E-state index is 13.1. The molecule has 0 unspecified atom stereocenters. The first-order valence-electron chi connectivity index (χ1n) is 7.94. The molecule has 1 heterocycles. The Hall–Kier alpha value is -2.43. The van der Waals surface area contributed by atoms with Crippen LogP contribution in [0, 0.1) is 5.82 Å². The molecule has 4 nitrogen and oxygen atoms in total. The van der Waals surface area contributed by atoms with Gasteiger partial charge in [-0.05, 0) is 43.2 Å². The third-order valence-corrected chi connectivity index (χ3v) is 3.30. The number of pyridine rings is 1. The highest BCUT2D eigenvalue weighted by atomic mass is 19.1. The molecule has 0 bridgehead atoms. The molecule has 0 aliphatic rings. The second kappa shape index (κ2) is 9.56. The molecule has 2 rings (SSSR count). The Morgan fingerprint density at radius 3 is 2.78 bits per heavy atom. The fourth-order valence-corrected chi connectivity index (χ4v) is 2.19. The van der Waals surface area contributed by atoms with E-state index in [0.717, 1.165) is 36.6 Å². The molecule has 0 aliphatic carbocycles. The highest BCUT2D eigenvalue weighted by Gasteiger charge is 1.99. The smallest absolute Gasteiger partial charge is 0.191 e. The average Bonchev–Trinajstić information content (AvgIpc) is 2.56. The molecule has 23 heavy (non-hydrogen) atoms. The molecule has 0 radical (unpaired) electrons. The van der Waals surface area contributed by atoms with Gasteiger partial charge in [0.05, 0.1) is 0 Å². The lowest BCUT2D eigenvalue weighted by Gasteiger charge is -2.11. The van der Waals surface area contributed by atoms with Crippen LogP contribution in [-0.2, 0) is 12.8 Å². The monoisotopic (exact) mass is 314 g/mol. The van der Waals surface area contributed by atoms with E-state index >= 15 is 0 Å². The number of benzene rings is 1. The molecule has 5 heteroatoms. The fraction of sp³-hybridized carbons (Fsp3) is 0.333. The van der Waals surface area contributed by atoms with E-state index in [9.17, 15) is 4.39 Å². The third-order valence-electron chi connectivity index (χ3n) is 3.30. The van der Waals surface area contributed by atoms with Crippen LogP contribution in [0.15, 0.2) is 53.7 Å². The highest BCUT2D eigenvalue weighted by molar-refractivity contribution is 5.79. The normalized spacial score (nSPS) is 11.3. The number of nitrogens with one attached hydrogen (secondary N) is 2. The van der Waals surface area contributed by atoms with Crippen molar-refractivity contribution in [3.63, 3.8) is 0 Å². The molecule has 0 atom stereocenters. The molecule has 1 aromatic carbocycles. The lowest BCUT2D eigenvalue weighted by molar-refractivity contribution is 0.625. The van der Waals surface area contributed by atoms with E-state index < -0.39 is 0 Å². The first-order chi connectivity index (χ1) is 11.3. The fourth-order valence-electron chi connectivity index (χ4n) is 2.19. The van der Waals surface area contributed by atoms with Gasteiger partial charge < -0.3 is 10.6 Å². The summed E-state index contributed by atoms with van der Waals surface area (Å²) in [5.41, 5.74) is 2.01. The van der Waals surface area contributed by atoms with E-state index in [1.54, 1.807) is 18.3 Å². The zero-order chi connectivity index (χ0) is 16.3. The molecule has 0 spiro atoms. The Labute approximate surface area is 136 Å². The molecule has 122 valence electrons. The van der Waals surface area contributed by atoms with Crippen LogP contribution in [-0.4, -0.2) is 30.6 Å². The van der Waals surface area contributed by atoms with Crippen molar-refractivity contribution >= 4 is 5.96 Å². The Morgan fingerprint density at radius 1 is 1.13 bits per heavy atom. The maximum atomic E-state index is 13.1. The van der Waals surface area contributed by atoms with Crippen LogP contribution in [0.2, 0.25) is 0 Å². The van der Waals surface area contributed by atoms with Crippen molar-refractivity contribution < 1.29 is 4.39 Å². The van der Waals surface area contributed by atoms with E-state index in [0.29, 0.717) is 13.1 Å². The number of guanidine groups is 1. The lowest BCUT2D eigenvalue weighted by atomic mass is 10.1. The van der Waals surface area contributed by atoms with Gasteiger partial charge >= 0.3 is 0 Å². The van der Waals surface area contributed by atoms with Crippen LogP contribution in [0.4, 0.5) is 4.39 Å². The van der Waals surface area contributed by atoms with Gasteiger partial charge in [-0.1, -0.05) is 18.2 Å². The molecule has 0 aliphatic heterocycles. The van der Waals surface area contributed by atoms with Crippen LogP contribution >= 0.6 is 0 Å². The van der Waals surface area contributed by atoms with E-state index in [1.165, 1.54) is 6.07 Å². The molecule has 0 saturated carbocycles. The van der Waals surface area contributed by atoms with E-state index in [2.05, 4.69) is 20.6 Å². The van der Waals surface area contributed by atoms with E-state index in [4.69, 9.17) is 0 Å². The average molecular weight is 314 g/mol. The number of aliphatic imine (C=N–C) groups is 1. The van der Waals surface area contributed by atoms with E-state index in [1.807, 2.05) is 31.2 Å². The minimum Gasteiger partial charge on any atom is -0.357 e. The Kier molecular flexibility index (Phi) is 7.04. The summed E-state index contributed by atoms with van der Waals surface area (Å²) in [6, 6.07) is 12.6. The summed E-state index contributed by atoms with van der Waals surface area (Å²) in [6.45, 7) is 4.21. The first-order valence-corrected chi connectivity index (χ1v) is 7.94. The molecule has 2 N–H and O–H groups in total. The molecule has 0 fully saturated rings. The summed E-state index contributed by atoms with van der Waals surface area (Å²) in [5.74, 6) is 0.582. The number of halogens is 1. The van der Waals surface area contributed by atoms with Gasteiger partial charge in [0.1, 0.15) is 5.82 Å².